The first-order valence-corrected chi connectivity index (χ1v) is 9.47. The van der Waals surface area contributed by atoms with Crippen molar-refractivity contribution in [2.45, 2.75) is 23.0 Å². The van der Waals surface area contributed by atoms with Gasteiger partial charge in [0, 0.05) is 18.7 Å². The fraction of sp³-hybridized carbons (Fsp3) is 0.278. The van der Waals surface area contributed by atoms with E-state index in [1.54, 1.807) is 4.90 Å². The average Bonchev–Trinajstić information content (AvgIpc) is 2.62. The van der Waals surface area contributed by atoms with Gasteiger partial charge < -0.3 is 4.90 Å². The Morgan fingerprint density at radius 1 is 0.880 bits per heavy atom. The van der Waals surface area contributed by atoms with Crippen molar-refractivity contribution in [2.24, 2.45) is 0 Å². The zero-order valence-corrected chi connectivity index (χ0v) is 14.2. The zero-order chi connectivity index (χ0) is 18.0. The van der Waals surface area contributed by atoms with Gasteiger partial charge >= 0.3 is 0 Å². The smallest absolute Gasteiger partial charge is 0.253 e. The van der Waals surface area contributed by atoms with Crippen LogP contribution in [0.25, 0.3) is 0 Å². The molecule has 0 aromatic heterocycles. The largest absolute Gasteiger partial charge is 0.339 e. The van der Waals surface area contributed by atoms with Gasteiger partial charge in [-0.15, -0.1) is 0 Å². The number of sulfone groups is 1. The molecule has 132 valence electrons. The molecule has 7 heteroatoms. The van der Waals surface area contributed by atoms with Crippen molar-refractivity contribution in [3.8, 4) is 0 Å². The average molecular weight is 365 g/mol. The molecule has 1 fully saturated rings. The topological polar surface area (TPSA) is 54.5 Å². The Kier molecular flexibility index (Phi) is 4.85. The molecule has 1 aliphatic rings. The van der Waals surface area contributed by atoms with E-state index in [1.807, 2.05) is 0 Å². The number of carbonyl (C=O) groups excluding carboxylic acids is 1. The second-order valence-corrected chi connectivity index (χ2v) is 8.23. The Morgan fingerprint density at radius 3 is 1.88 bits per heavy atom. The van der Waals surface area contributed by atoms with Gasteiger partial charge in [0.2, 0.25) is 0 Å². The molecule has 0 bridgehead atoms. The highest BCUT2D eigenvalue weighted by Gasteiger charge is 2.32. The fourth-order valence-electron chi connectivity index (χ4n) is 2.96. The Balaban J connectivity index is 1.68. The van der Waals surface area contributed by atoms with Crippen molar-refractivity contribution < 1.29 is 22.0 Å². The normalized spacial score (nSPS) is 16.0. The number of nitrogens with zero attached hydrogens (tertiary/aromatic N) is 1. The lowest BCUT2D eigenvalue weighted by Crippen LogP contribution is -2.42. The first-order valence-electron chi connectivity index (χ1n) is 7.92. The van der Waals surface area contributed by atoms with Gasteiger partial charge in [-0.05, 0) is 61.4 Å². The summed E-state index contributed by atoms with van der Waals surface area (Å²) in [4.78, 5) is 14.1. The highest BCUT2D eigenvalue weighted by molar-refractivity contribution is 7.92. The molecule has 1 heterocycles. The highest BCUT2D eigenvalue weighted by atomic mass is 32.2. The van der Waals surface area contributed by atoms with Crippen LogP contribution in [-0.2, 0) is 9.84 Å². The summed E-state index contributed by atoms with van der Waals surface area (Å²) in [6, 6.07) is 10.1. The Labute approximate surface area is 145 Å². The van der Waals surface area contributed by atoms with Gasteiger partial charge in [0.1, 0.15) is 11.6 Å². The maximum absolute atomic E-state index is 13.0. The maximum atomic E-state index is 13.0. The lowest BCUT2D eigenvalue weighted by Gasteiger charge is -2.31. The first-order chi connectivity index (χ1) is 11.9. The fourth-order valence-corrected chi connectivity index (χ4v) is 4.69. The Morgan fingerprint density at radius 2 is 1.36 bits per heavy atom. The molecule has 0 unspecified atom stereocenters. The van der Waals surface area contributed by atoms with Crippen molar-refractivity contribution in [1.29, 1.82) is 0 Å². The van der Waals surface area contributed by atoms with E-state index in [0.29, 0.717) is 31.5 Å². The Hall–Kier alpha value is -2.28. The standard InChI is InChI=1S/C18H17F2NO3S/c19-14-3-1-13(2-4-14)18(22)21-11-9-17(10-12-21)25(23,24)16-7-5-15(20)6-8-16/h1-8,17H,9-12H2. The molecule has 0 atom stereocenters. The minimum Gasteiger partial charge on any atom is -0.339 e. The minimum atomic E-state index is -3.55. The van der Waals surface area contributed by atoms with E-state index in [0.717, 1.165) is 12.1 Å². The van der Waals surface area contributed by atoms with Gasteiger partial charge in [0.25, 0.3) is 5.91 Å². The molecular weight excluding hydrogens is 348 g/mol. The highest BCUT2D eigenvalue weighted by Crippen LogP contribution is 2.25. The third-order valence-electron chi connectivity index (χ3n) is 4.40. The molecule has 2 aromatic carbocycles. The van der Waals surface area contributed by atoms with Crippen LogP contribution in [0, 0.1) is 11.6 Å². The predicted molar refractivity (Wildman–Crippen MR) is 88.9 cm³/mol. The second-order valence-electron chi connectivity index (χ2n) is 6.00. The van der Waals surface area contributed by atoms with Gasteiger partial charge in [-0.3, -0.25) is 4.79 Å². The summed E-state index contributed by atoms with van der Waals surface area (Å²) in [7, 11) is -3.55. The molecule has 0 saturated carbocycles. The van der Waals surface area contributed by atoms with Crippen LogP contribution in [0.3, 0.4) is 0 Å². The molecule has 2 aromatic rings. The van der Waals surface area contributed by atoms with Crippen molar-refractivity contribution >= 4 is 15.7 Å². The van der Waals surface area contributed by atoms with E-state index in [4.69, 9.17) is 0 Å². The lowest BCUT2D eigenvalue weighted by atomic mass is 10.1. The van der Waals surface area contributed by atoms with Crippen molar-refractivity contribution in [1.82, 2.24) is 4.90 Å². The molecule has 0 aliphatic carbocycles. The SMILES string of the molecule is O=C(c1ccc(F)cc1)N1CCC(S(=O)(=O)c2ccc(F)cc2)CC1. The van der Waals surface area contributed by atoms with Crippen LogP contribution in [0.2, 0.25) is 0 Å². The summed E-state index contributed by atoms with van der Waals surface area (Å²) in [5, 5.41) is -0.602. The number of piperidine rings is 1. The lowest BCUT2D eigenvalue weighted by molar-refractivity contribution is 0.0725. The number of amides is 1. The second kappa shape index (κ2) is 6.92. The third kappa shape index (κ3) is 3.71. The summed E-state index contributed by atoms with van der Waals surface area (Å²) in [6.45, 7) is 0.614. The third-order valence-corrected chi connectivity index (χ3v) is 6.68. The monoisotopic (exact) mass is 365 g/mol. The van der Waals surface area contributed by atoms with Crippen LogP contribution in [0.1, 0.15) is 23.2 Å². The summed E-state index contributed by atoms with van der Waals surface area (Å²) >= 11 is 0. The predicted octanol–water partition coefficient (Wildman–Crippen LogP) is 3.04. The zero-order valence-electron chi connectivity index (χ0n) is 13.4. The van der Waals surface area contributed by atoms with Gasteiger partial charge in [-0.2, -0.15) is 0 Å². The van der Waals surface area contributed by atoms with Crippen LogP contribution < -0.4 is 0 Å². The summed E-state index contributed by atoms with van der Waals surface area (Å²) in [5.41, 5.74) is 0.376. The number of halogens is 2. The summed E-state index contributed by atoms with van der Waals surface area (Å²) < 4.78 is 51.2. The number of hydrogen-bond donors (Lipinski definition) is 0. The van der Waals surface area contributed by atoms with E-state index >= 15 is 0 Å². The molecule has 25 heavy (non-hydrogen) atoms. The van der Waals surface area contributed by atoms with Gasteiger partial charge in [0.05, 0.1) is 10.1 Å². The first kappa shape index (κ1) is 17.5. The van der Waals surface area contributed by atoms with Crippen LogP contribution in [-0.4, -0.2) is 37.6 Å². The maximum Gasteiger partial charge on any atom is 0.253 e. The van der Waals surface area contributed by atoms with Gasteiger partial charge in [-0.1, -0.05) is 0 Å². The molecule has 1 aliphatic heterocycles. The number of carbonyl (C=O) groups is 1. The summed E-state index contributed by atoms with van der Waals surface area (Å²) in [5.74, 6) is -1.14. The van der Waals surface area contributed by atoms with Crippen molar-refractivity contribution in [2.75, 3.05) is 13.1 Å². The van der Waals surface area contributed by atoms with E-state index < -0.39 is 26.7 Å². The molecule has 1 saturated heterocycles. The van der Waals surface area contributed by atoms with E-state index in [2.05, 4.69) is 0 Å². The van der Waals surface area contributed by atoms with Crippen molar-refractivity contribution in [3.05, 3.63) is 65.7 Å². The number of rotatable bonds is 3. The number of likely N-dealkylation sites (tertiary alicyclic amines) is 1. The summed E-state index contributed by atoms with van der Waals surface area (Å²) in [6.07, 6.45) is 0.624. The molecule has 0 radical (unpaired) electrons. The van der Waals surface area contributed by atoms with Crippen LogP contribution in [0.5, 0.6) is 0 Å². The molecule has 4 nitrogen and oxygen atoms in total. The molecule has 0 N–H and O–H groups in total. The molecule has 3 rings (SSSR count). The number of benzene rings is 2. The van der Waals surface area contributed by atoms with E-state index in [-0.39, 0.29) is 10.8 Å². The van der Waals surface area contributed by atoms with Crippen LogP contribution >= 0.6 is 0 Å². The molecular formula is C18H17F2NO3S. The van der Waals surface area contributed by atoms with Crippen LogP contribution in [0.15, 0.2) is 53.4 Å². The van der Waals surface area contributed by atoms with Gasteiger partial charge in [-0.25, -0.2) is 17.2 Å². The van der Waals surface area contributed by atoms with Crippen LogP contribution in [0.4, 0.5) is 8.78 Å². The quantitative estimate of drug-likeness (QED) is 0.786. The number of hydrogen-bond acceptors (Lipinski definition) is 3. The van der Waals surface area contributed by atoms with E-state index in [1.165, 1.54) is 36.4 Å². The van der Waals surface area contributed by atoms with E-state index in [9.17, 15) is 22.0 Å². The minimum absolute atomic E-state index is 0.0946. The molecule has 0 spiro atoms. The van der Waals surface area contributed by atoms with Crippen molar-refractivity contribution in [3.63, 3.8) is 0 Å². The van der Waals surface area contributed by atoms with Gasteiger partial charge in [0.15, 0.2) is 9.84 Å². The Bertz CT molecular complexity index is 856. The molecule has 1 amide bonds.